The van der Waals surface area contributed by atoms with Crippen molar-refractivity contribution in [1.29, 1.82) is 0 Å². The molecule has 11 heavy (non-hydrogen) atoms. The number of aromatic nitrogens is 1. The highest BCUT2D eigenvalue weighted by Crippen LogP contribution is 2.21. The number of fused-ring (bicyclic) bond motifs is 1. The first-order valence-electron chi connectivity index (χ1n) is 3.19. The third-order valence-corrected chi connectivity index (χ3v) is 3.16. The summed E-state index contributed by atoms with van der Waals surface area (Å²) in [4.78, 5) is 3.22. The van der Waals surface area contributed by atoms with E-state index >= 15 is 0 Å². The summed E-state index contributed by atoms with van der Waals surface area (Å²) < 4.78 is 2.56. The van der Waals surface area contributed by atoms with Gasteiger partial charge in [-0.05, 0) is 57.3 Å². The maximum absolute atomic E-state index is 3.22. The maximum atomic E-state index is 3.22. The lowest BCUT2D eigenvalue weighted by molar-refractivity contribution is 1.46. The van der Waals surface area contributed by atoms with Crippen LogP contribution in [-0.2, 0) is 0 Å². The van der Waals surface area contributed by atoms with Gasteiger partial charge in [-0.2, -0.15) is 0 Å². The van der Waals surface area contributed by atoms with Gasteiger partial charge in [0.25, 0.3) is 0 Å². The van der Waals surface area contributed by atoms with Gasteiger partial charge in [-0.25, -0.2) is 0 Å². The fourth-order valence-electron chi connectivity index (χ4n) is 1.06. The van der Waals surface area contributed by atoms with Crippen LogP contribution >= 0.6 is 45.2 Å². The van der Waals surface area contributed by atoms with Crippen molar-refractivity contribution in [2.45, 2.75) is 0 Å². The number of halogens is 2. The molecule has 1 aromatic carbocycles. The van der Waals surface area contributed by atoms with E-state index in [1.807, 2.05) is 6.20 Å². The number of hydrogen-bond donors (Lipinski definition) is 1. The Morgan fingerprint density at radius 2 is 2.00 bits per heavy atom. The molecule has 56 valence electrons. The second-order valence-corrected chi connectivity index (χ2v) is 4.73. The monoisotopic (exact) mass is 369 g/mol. The fraction of sp³-hybridized carbons (Fsp3) is 0. The molecule has 0 saturated heterocycles. The first kappa shape index (κ1) is 7.85. The maximum Gasteiger partial charge on any atom is 0.0475 e. The second kappa shape index (κ2) is 2.93. The standard InChI is InChI=1S/C8H5I2N/c9-5-1-2-6-7(10)4-11-8(6)3-5/h1-4,11H. The van der Waals surface area contributed by atoms with Crippen LogP contribution < -0.4 is 0 Å². The van der Waals surface area contributed by atoms with E-state index in [9.17, 15) is 0 Å². The average Bonchev–Trinajstić information content (AvgIpc) is 2.32. The fourth-order valence-corrected chi connectivity index (χ4v) is 2.18. The molecular weight excluding hydrogens is 364 g/mol. The van der Waals surface area contributed by atoms with Crippen molar-refractivity contribution >= 4 is 56.1 Å². The summed E-state index contributed by atoms with van der Waals surface area (Å²) in [5, 5.41) is 1.31. The van der Waals surface area contributed by atoms with E-state index in [1.54, 1.807) is 0 Å². The molecule has 0 aliphatic rings. The Morgan fingerprint density at radius 3 is 2.82 bits per heavy atom. The van der Waals surface area contributed by atoms with Crippen molar-refractivity contribution < 1.29 is 0 Å². The number of aromatic amines is 1. The molecule has 0 atom stereocenters. The van der Waals surface area contributed by atoms with Gasteiger partial charge >= 0.3 is 0 Å². The van der Waals surface area contributed by atoms with Gasteiger partial charge in [0, 0.05) is 24.2 Å². The second-order valence-electron chi connectivity index (χ2n) is 2.33. The number of rotatable bonds is 0. The van der Waals surface area contributed by atoms with Gasteiger partial charge < -0.3 is 4.98 Å². The largest absolute Gasteiger partial charge is 0.360 e. The van der Waals surface area contributed by atoms with E-state index in [2.05, 4.69) is 68.4 Å². The highest BCUT2D eigenvalue weighted by atomic mass is 127. The van der Waals surface area contributed by atoms with Crippen LogP contribution in [0.3, 0.4) is 0 Å². The van der Waals surface area contributed by atoms with E-state index in [1.165, 1.54) is 18.0 Å². The first-order chi connectivity index (χ1) is 5.27. The van der Waals surface area contributed by atoms with E-state index < -0.39 is 0 Å². The van der Waals surface area contributed by atoms with Crippen LogP contribution in [0.4, 0.5) is 0 Å². The predicted molar refractivity (Wildman–Crippen MR) is 63.7 cm³/mol. The Bertz CT molecular complexity index is 392. The van der Waals surface area contributed by atoms with E-state index in [4.69, 9.17) is 0 Å². The van der Waals surface area contributed by atoms with Crippen molar-refractivity contribution in [3.05, 3.63) is 31.5 Å². The third-order valence-electron chi connectivity index (χ3n) is 1.59. The summed E-state index contributed by atoms with van der Waals surface area (Å²) in [6.45, 7) is 0. The van der Waals surface area contributed by atoms with Crippen LogP contribution in [0.25, 0.3) is 10.9 Å². The van der Waals surface area contributed by atoms with Crippen molar-refractivity contribution in [2.24, 2.45) is 0 Å². The smallest absolute Gasteiger partial charge is 0.0475 e. The SMILES string of the molecule is Ic1ccc2c(I)c[nH]c2c1. The van der Waals surface area contributed by atoms with Crippen LogP contribution in [0, 0.1) is 7.14 Å². The molecule has 0 saturated carbocycles. The summed E-state index contributed by atoms with van der Waals surface area (Å²) in [6, 6.07) is 6.42. The highest BCUT2D eigenvalue weighted by Gasteiger charge is 1.98. The van der Waals surface area contributed by atoms with Crippen LogP contribution in [0.2, 0.25) is 0 Å². The Kier molecular flexibility index (Phi) is 2.09. The van der Waals surface area contributed by atoms with Gasteiger partial charge in [-0.3, -0.25) is 0 Å². The number of H-pyrrole nitrogens is 1. The van der Waals surface area contributed by atoms with Gasteiger partial charge in [-0.15, -0.1) is 0 Å². The predicted octanol–water partition coefficient (Wildman–Crippen LogP) is 3.38. The van der Waals surface area contributed by atoms with Crippen molar-refractivity contribution in [1.82, 2.24) is 4.98 Å². The minimum Gasteiger partial charge on any atom is -0.360 e. The average molecular weight is 369 g/mol. The molecule has 2 aromatic rings. The van der Waals surface area contributed by atoms with Gasteiger partial charge in [0.05, 0.1) is 0 Å². The molecule has 0 fully saturated rings. The quantitative estimate of drug-likeness (QED) is 0.686. The first-order valence-corrected chi connectivity index (χ1v) is 5.35. The minimum atomic E-state index is 1.22. The Labute approximate surface area is 91.8 Å². The van der Waals surface area contributed by atoms with Gasteiger partial charge in [0.1, 0.15) is 0 Å². The van der Waals surface area contributed by atoms with E-state index in [0.29, 0.717) is 0 Å². The topological polar surface area (TPSA) is 15.8 Å². The molecule has 0 aliphatic heterocycles. The zero-order chi connectivity index (χ0) is 7.84. The lowest BCUT2D eigenvalue weighted by Gasteiger charge is -1.90. The Hall–Kier alpha value is 0.220. The highest BCUT2D eigenvalue weighted by molar-refractivity contribution is 14.1. The number of nitrogens with one attached hydrogen (secondary N) is 1. The van der Waals surface area contributed by atoms with Crippen LogP contribution in [-0.4, -0.2) is 4.98 Å². The molecule has 1 nitrogen and oxygen atoms in total. The van der Waals surface area contributed by atoms with Crippen molar-refractivity contribution in [2.75, 3.05) is 0 Å². The molecule has 1 heterocycles. The van der Waals surface area contributed by atoms with E-state index in [-0.39, 0.29) is 0 Å². The molecule has 3 heteroatoms. The summed E-state index contributed by atoms with van der Waals surface area (Å²) in [7, 11) is 0. The third kappa shape index (κ3) is 1.40. The molecule has 0 spiro atoms. The Balaban J connectivity index is 2.86. The summed E-state index contributed by atoms with van der Waals surface area (Å²) in [6.07, 6.45) is 2.03. The van der Waals surface area contributed by atoms with Crippen molar-refractivity contribution in [3.63, 3.8) is 0 Å². The van der Waals surface area contributed by atoms with Crippen LogP contribution in [0.1, 0.15) is 0 Å². The van der Waals surface area contributed by atoms with E-state index in [0.717, 1.165) is 0 Å². The zero-order valence-electron chi connectivity index (χ0n) is 5.57. The normalized spacial score (nSPS) is 10.7. The lowest BCUT2D eigenvalue weighted by Crippen LogP contribution is -1.71. The molecule has 1 aromatic heterocycles. The molecule has 1 N–H and O–H groups in total. The van der Waals surface area contributed by atoms with Gasteiger partial charge in [-0.1, -0.05) is 6.07 Å². The van der Waals surface area contributed by atoms with Crippen molar-refractivity contribution in [3.8, 4) is 0 Å². The molecule has 0 bridgehead atoms. The molecule has 2 rings (SSSR count). The molecule has 0 aliphatic carbocycles. The van der Waals surface area contributed by atoms with Crippen LogP contribution in [0.15, 0.2) is 24.4 Å². The number of hydrogen-bond acceptors (Lipinski definition) is 0. The Morgan fingerprint density at radius 1 is 1.18 bits per heavy atom. The molecule has 0 unspecified atom stereocenters. The van der Waals surface area contributed by atoms with Gasteiger partial charge in [0.15, 0.2) is 0 Å². The summed E-state index contributed by atoms with van der Waals surface area (Å²) in [5.41, 5.74) is 1.22. The van der Waals surface area contributed by atoms with Crippen LogP contribution in [0.5, 0.6) is 0 Å². The number of benzene rings is 1. The molecule has 0 radical (unpaired) electrons. The van der Waals surface area contributed by atoms with Gasteiger partial charge in [0.2, 0.25) is 0 Å². The summed E-state index contributed by atoms with van der Waals surface area (Å²) >= 11 is 4.65. The molecule has 0 amide bonds. The summed E-state index contributed by atoms with van der Waals surface area (Å²) in [5.74, 6) is 0. The lowest BCUT2D eigenvalue weighted by atomic mass is 10.3. The zero-order valence-corrected chi connectivity index (χ0v) is 9.88. The minimum absolute atomic E-state index is 1.22. The molecular formula is C8H5I2N.